The minimum atomic E-state index is -0.0444. The first kappa shape index (κ1) is 19.5. The Hall–Kier alpha value is -2.85. The van der Waals surface area contributed by atoms with Gasteiger partial charge in [-0.2, -0.15) is 0 Å². The SMILES string of the molecule is CN(CC1Cc2cccc(-c3cccnc3)c2O1)C(=O)CCc1ccccc1Cl. The highest BCUT2D eigenvalue weighted by molar-refractivity contribution is 6.31. The maximum Gasteiger partial charge on any atom is 0.222 e. The number of aryl methyl sites for hydroxylation is 1. The first-order valence-corrected chi connectivity index (χ1v) is 10.2. The second-order valence-electron chi connectivity index (χ2n) is 7.35. The minimum Gasteiger partial charge on any atom is -0.487 e. The van der Waals surface area contributed by atoms with E-state index in [4.69, 9.17) is 16.3 Å². The number of para-hydroxylation sites is 1. The van der Waals surface area contributed by atoms with E-state index >= 15 is 0 Å². The van der Waals surface area contributed by atoms with Crippen LogP contribution in [0.5, 0.6) is 5.75 Å². The van der Waals surface area contributed by atoms with Crippen LogP contribution in [0.1, 0.15) is 17.5 Å². The number of fused-ring (bicyclic) bond motifs is 1. The largest absolute Gasteiger partial charge is 0.487 e. The Bertz CT molecular complexity index is 1010. The Morgan fingerprint density at radius 1 is 1.17 bits per heavy atom. The van der Waals surface area contributed by atoms with Gasteiger partial charge in [-0.05, 0) is 29.7 Å². The molecule has 0 saturated carbocycles. The van der Waals surface area contributed by atoms with Gasteiger partial charge in [0.1, 0.15) is 11.9 Å². The van der Waals surface area contributed by atoms with E-state index in [9.17, 15) is 4.79 Å². The van der Waals surface area contributed by atoms with E-state index < -0.39 is 0 Å². The Labute approximate surface area is 176 Å². The summed E-state index contributed by atoms with van der Waals surface area (Å²) in [7, 11) is 1.84. The number of carbonyl (C=O) groups excluding carboxylic acids is 1. The summed E-state index contributed by atoms with van der Waals surface area (Å²) in [4.78, 5) is 18.6. The van der Waals surface area contributed by atoms with Gasteiger partial charge < -0.3 is 9.64 Å². The number of halogens is 1. The van der Waals surface area contributed by atoms with Crippen LogP contribution in [0.4, 0.5) is 0 Å². The number of aromatic nitrogens is 1. The molecule has 4 nitrogen and oxygen atoms in total. The Kier molecular flexibility index (Phi) is 5.81. The number of amides is 1. The fourth-order valence-corrected chi connectivity index (χ4v) is 3.96. The number of hydrogen-bond acceptors (Lipinski definition) is 3. The van der Waals surface area contributed by atoms with Gasteiger partial charge in [0.15, 0.2) is 0 Å². The molecule has 0 aliphatic carbocycles. The molecule has 1 aromatic heterocycles. The van der Waals surface area contributed by atoms with Crippen LogP contribution in [-0.4, -0.2) is 35.5 Å². The summed E-state index contributed by atoms with van der Waals surface area (Å²) >= 11 is 6.19. The summed E-state index contributed by atoms with van der Waals surface area (Å²) in [5, 5.41) is 0.709. The second kappa shape index (κ2) is 8.66. The van der Waals surface area contributed by atoms with Crippen LogP contribution < -0.4 is 4.74 Å². The van der Waals surface area contributed by atoms with Crippen molar-refractivity contribution in [2.45, 2.75) is 25.4 Å². The van der Waals surface area contributed by atoms with Crippen molar-refractivity contribution in [3.8, 4) is 16.9 Å². The molecular formula is C24H23ClN2O2. The summed E-state index contributed by atoms with van der Waals surface area (Å²) in [6.07, 6.45) is 5.43. The normalized spacial score (nSPS) is 14.9. The lowest BCUT2D eigenvalue weighted by Gasteiger charge is -2.21. The van der Waals surface area contributed by atoms with E-state index in [1.54, 1.807) is 11.1 Å². The van der Waals surface area contributed by atoms with Crippen molar-refractivity contribution >= 4 is 17.5 Å². The molecule has 148 valence electrons. The lowest BCUT2D eigenvalue weighted by molar-refractivity contribution is -0.130. The molecule has 3 aromatic rings. The number of nitrogens with zero attached hydrogens (tertiary/aromatic N) is 2. The summed E-state index contributed by atoms with van der Waals surface area (Å²) in [6, 6.07) is 17.8. The Balaban J connectivity index is 1.38. The van der Waals surface area contributed by atoms with Crippen LogP contribution in [0.3, 0.4) is 0 Å². The summed E-state index contributed by atoms with van der Waals surface area (Å²) in [5.41, 5.74) is 4.26. The summed E-state index contributed by atoms with van der Waals surface area (Å²) in [5.74, 6) is 0.999. The molecule has 1 aliphatic heterocycles. The van der Waals surface area contributed by atoms with Crippen LogP contribution in [0, 0.1) is 0 Å². The molecule has 0 spiro atoms. The quantitative estimate of drug-likeness (QED) is 0.590. The van der Waals surface area contributed by atoms with Crippen molar-refractivity contribution in [1.82, 2.24) is 9.88 Å². The first-order valence-electron chi connectivity index (χ1n) is 9.78. The van der Waals surface area contributed by atoms with Gasteiger partial charge in [-0.3, -0.25) is 9.78 Å². The number of carbonyl (C=O) groups is 1. The van der Waals surface area contributed by atoms with Crippen LogP contribution in [0.15, 0.2) is 67.0 Å². The number of rotatable bonds is 6. The van der Waals surface area contributed by atoms with Gasteiger partial charge >= 0.3 is 0 Å². The fraction of sp³-hybridized carbons (Fsp3) is 0.250. The van der Waals surface area contributed by atoms with Crippen LogP contribution in [0.25, 0.3) is 11.1 Å². The number of pyridine rings is 1. The summed E-state index contributed by atoms with van der Waals surface area (Å²) < 4.78 is 6.25. The minimum absolute atomic E-state index is 0.0444. The molecule has 0 saturated heterocycles. The average molecular weight is 407 g/mol. The van der Waals surface area contributed by atoms with E-state index in [-0.39, 0.29) is 12.0 Å². The zero-order valence-electron chi connectivity index (χ0n) is 16.3. The zero-order chi connectivity index (χ0) is 20.2. The zero-order valence-corrected chi connectivity index (χ0v) is 17.1. The number of benzene rings is 2. The van der Waals surface area contributed by atoms with Crippen molar-refractivity contribution in [3.63, 3.8) is 0 Å². The molecule has 0 radical (unpaired) electrons. The molecule has 29 heavy (non-hydrogen) atoms. The molecule has 1 atom stereocenters. The monoisotopic (exact) mass is 406 g/mol. The molecule has 4 rings (SSSR count). The number of likely N-dealkylation sites (N-methyl/N-ethyl adjacent to an activating group) is 1. The third-order valence-corrected chi connectivity index (χ3v) is 5.64. The average Bonchev–Trinajstić information content (AvgIpc) is 3.16. The second-order valence-corrected chi connectivity index (χ2v) is 7.75. The molecule has 0 N–H and O–H groups in total. The van der Waals surface area contributed by atoms with Crippen molar-refractivity contribution in [2.75, 3.05) is 13.6 Å². The maximum absolute atomic E-state index is 12.6. The third-order valence-electron chi connectivity index (χ3n) is 5.27. The van der Waals surface area contributed by atoms with Crippen molar-refractivity contribution in [3.05, 3.63) is 83.1 Å². The maximum atomic E-state index is 12.6. The van der Waals surface area contributed by atoms with Crippen molar-refractivity contribution in [2.24, 2.45) is 0 Å². The van der Waals surface area contributed by atoms with E-state index in [1.165, 1.54) is 5.56 Å². The highest BCUT2D eigenvalue weighted by Gasteiger charge is 2.27. The predicted molar refractivity (Wildman–Crippen MR) is 115 cm³/mol. The third kappa shape index (κ3) is 4.43. The van der Waals surface area contributed by atoms with Crippen molar-refractivity contribution in [1.29, 1.82) is 0 Å². The van der Waals surface area contributed by atoms with E-state index in [2.05, 4.69) is 17.1 Å². The Morgan fingerprint density at radius 2 is 2.03 bits per heavy atom. The standard InChI is InChI=1S/C24H23ClN2O2/c1-27(23(28)12-11-17-6-2-3-10-22(17)25)16-20-14-18-7-4-9-21(24(18)29-20)19-8-5-13-26-15-19/h2-10,13,15,20H,11-12,14,16H2,1H3. The van der Waals surface area contributed by atoms with Gasteiger partial charge in [-0.15, -0.1) is 0 Å². The molecule has 1 aliphatic rings. The van der Waals surface area contributed by atoms with Gasteiger partial charge in [-0.25, -0.2) is 0 Å². The number of hydrogen-bond donors (Lipinski definition) is 0. The van der Waals surface area contributed by atoms with E-state index in [0.29, 0.717) is 24.4 Å². The highest BCUT2D eigenvalue weighted by atomic mass is 35.5. The highest BCUT2D eigenvalue weighted by Crippen LogP contribution is 2.38. The molecule has 2 aromatic carbocycles. The predicted octanol–water partition coefficient (Wildman–Crippen LogP) is 4.80. The lowest BCUT2D eigenvalue weighted by atomic mass is 10.0. The van der Waals surface area contributed by atoms with Crippen LogP contribution >= 0.6 is 11.6 Å². The van der Waals surface area contributed by atoms with Gasteiger partial charge in [0, 0.05) is 48.4 Å². The Morgan fingerprint density at radius 3 is 2.83 bits per heavy atom. The lowest BCUT2D eigenvalue weighted by Crippen LogP contribution is -2.36. The van der Waals surface area contributed by atoms with Gasteiger partial charge in [-0.1, -0.05) is 54.1 Å². The van der Waals surface area contributed by atoms with Gasteiger partial charge in [0.2, 0.25) is 5.91 Å². The molecule has 1 unspecified atom stereocenters. The molecule has 0 bridgehead atoms. The van der Waals surface area contributed by atoms with Crippen molar-refractivity contribution < 1.29 is 9.53 Å². The van der Waals surface area contributed by atoms with Crippen LogP contribution in [0.2, 0.25) is 5.02 Å². The summed E-state index contributed by atoms with van der Waals surface area (Å²) in [6.45, 7) is 0.558. The molecule has 0 fully saturated rings. The first-order chi connectivity index (χ1) is 14.1. The number of ether oxygens (including phenoxy) is 1. The van der Waals surface area contributed by atoms with E-state index in [0.717, 1.165) is 28.9 Å². The van der Waals surface area contributed by atoms with Gasteiger partial charge in [0.05, 0.1) is 6.54 Å². The fourth-order valence-electron chi connectivity index (χ4n) is 3.73. The molecular weight excluding hydrogens is 384 g/mol. The molecule has 1 amide bonds. The molecule has 2 heterocycles. The van der Waals surface area contributed by atoms with E-state index in [1.807, 2.05) is 55.7 Å². The molecule has 5 heteroatoms. The smallest absolute Gasteiger partial charge is 0.222 e. The van der Waals surface area contributed by atoms with Crippen LogP contribution in [-0.2, 0) is 17.6 Å². The van der Waals surface area contributed by atoms with Gasteiger partial charge in [0.25, 0.3) is 0 Å². The topological polar surface area (TPSA) is 42.4 Å².